The Morgan fingerprint density at radius 1 is 1.03 bits per heavy atom. The quantitative estimate of drug-likeness (QED) is 0.574. The summed E-state index contributed by atoms with van der Waals surface area (Å²) >= 11 is 0. The lowest BCUT2D eigenvalue weighted by atomic mass is 10.1. The van der Waals surface area contributed by atoms with Crippen LogP contribution in [0, 0.1) is 0 Å². The van der Waals surface area contributed by atoms with Crippen molar-refractivity contribution in [2.24, 2.45) is 0 Å². The zero-order chi connectivity index (χ0) is 22.8. The predicted octanol–water partition coefficient (Wildman–Crippen LogP) is 3.00. The number of anilines is 1. The molecule has 8 heteroatoms. The zero-order valence-corrected chi connectivity index (χ0v) is 18.4. The maximum atomic E-state index is 12.8. The molecule has 0 fully saturated rings. The molecule has 0 radical (unpaired) electrons. The highest BCUT2D eigenvalue weighted by Gasteiger charge is 2.18. The van der Waals surface area contributed by atoms with Crippen LogP contribution in [-0.2, 0) is 11.3 Å². The molecule has 0 aliphatic heterocycles. The van der Waals surface area contributed by atoms with Gasteiger partial charge in [-0.05, 0) is 50.6 Å². The number of amides is 4. The molecular formula is C23H30N4O4. The van der Waals surface area contributed by atoms with Crippen LogP contribution in [0.1, 0.15) is 36.7 Å². The fourth-order valence-corrected chi connectivity index (χ4v) is 2.88. The van der Waals surface area contributed by atoms with Gasteiger partial charge < -0.3 is 25.6 Å². The van der Waals surface area contributed by atoms with E-state index in [1.807, 2.05) is 26.8 Å². The van der Waals surface area contributed by atoms with Gasteiger partial charge in [0.1, 0.15) is 12.3 Å². The Bertz CT molecular complexity index is 897. The van der Waals surface area contributed by atoms with Crippen LogP contribution in [-0.4, -0.2) is 49.0 Å². The smallest absolute Gasteiger partial charge is 0.315 e. The Labute approximate surface area is 183 Å². The molecule has 3 N–H and O–H groups in total. The van der Waals surface area contributed by atoms with E-state index in [-0.39, 0.29) is 30.4 Å². The van der Waals surface area contributed by atoms with Crippen LogP contribution in [0.3, 0.4) is 0 Å². The van der Waals surface area contributed by atoms with Crippen molar-refractivity contribution in [3.05, 3.63) is 59.7 Å². The van der Waals surface area contributed by atoms with Crippen LogP contribution in [0.5, 0.6) is 5.75 Å². The van der Waals surface area contributed by atoms with Crippen molar-refractivity contribution >= 4 is 23.5 Å². The molecule has 0 saturated heterocycles. The van der Waals surface area contributed by atoms with Gasteiger partial charge in [-0.1, -0.05) is 24.3 Å². The van der Waals surface area contributed by atoms with Crippen molar-refractivity contribution in [2.75, 3.05) is 25.5 Å². The van der Waals surface area contributed by atoms with Crippen molar-refractivity contribution in [3.8, 4) is 5.75 Å². The molecule has 31 heavy (non-hydrogen) atoms. The minimum absolute atomic E-state index is 0.0557. The Kier molecular flexibility index (Phi) is 8.87. The highest BCUT2D eigenvalue weighted by Crippen LogP contribution is 2.22. The lowest BCUT2D eigenvalue weighted by Crippen LogP contribution is -2.39. The average molecular weight is 427 g/mol. The summed E-state index contributed by atoms with van der Waals surface area (Å²) < 4.78 is 5.23. The first-order chi connectivity index (χ1) is 14.8. The minimum Gasteiger partial charge on any atom is -0.495 e. The number of nitrogens with one attached hydrogen (secondary N) is 3. The number of urea groups is 1. The molecule has 4 amide bonds. The van der Waals surface area contributed by atoms with Crippen molar-refractivity contribution < 1.29 is 19.1 Å². The van der Waals surface area contributed by atoms with E-state index in [4.69, 9.17) is 4.74 Å². The van der Waals surface area contributed by atoms with E-state index in [2.05, 4.69) is 16.0 Å². The van der Waals surface area contributed by atoms with Crippen molar-refractivity contribution in [2.45, 2.75) is 33.4 Å². The Balaban J connectivity index is 1.95. The Morgan fingerprint density at radius 2 is 1.71 bits per heavy atom. The van der Waals surface area contributed by atoms with Crippen LogP contribution < -0.4 is 20.7 Å². The highest BCUT2D eigenvalue weighted by molar-refractivity contribution is 5.99. The number of carbonyl (C=O) groups is 3. The van der Waals surface area contributed by atoms with Crippen molar-refractivity contribution in [3.63, 3.8) is 0 Å². The largest absolute Gasteiger partial charge is 0.495 e. The number of nitrogens with zero attached hydrogens (tertiary/aromatic N) is 1. The first-order valence-corrected chi connectivity index (χ1v) is 10.2. The molecule has 0 unspecified atom stereocenters. The number of hydrogen-bond donors (Lipinski definition) is 3. The van der Waals surface area contributed by atoms with Crippen LogP contribution in [0.25, 0.3) is 0 Å². The third kappa shape index (κ3) is 7.33. The molecule has 2 rings (SSSR count). The second-order valence-corrected chi connectivity index (χ2v) is 7.25. The molecule has 8 nitrogen and oxygen atoms in total. The normalized spacial score (nSPS) is 10.4. The third-order valence-electron chi connectivity index (χ3n) is 4.46. The lowest BCUT2D eigenvalue weighted by Gasteiger charge is -2.21. The van der Waals surface area contributed by atoms with Gasteiger partial charge >= 0.3 is 6.03 Å². The average Bonchev–Trinajstić information content (AvgIpc) is 2.76. The highest BCUT2D eigenvalue weighted by atomic mass is 16.5. The number of methoxy groups -OCH3 is 1. The fourth-order valence-electron chi connectivity index (χ4n) is 2.88. The standard InChI is InChI=1S/C23H30N4O4/c1-5-27(15-21(28)26-19-8-6-7-9-20(19)31-4)22(29)18-12-10-17(11-13-18)14-24-23(30)25-16(2)3/h6-13,16H,5,14-15H2,1-4H3,(H,26,28)(H2,24,25,30). The van der Waals surface area contributed by atoms with Gasteiger partial charge in [0.2, 0.25) is 5.91 Å². The summed E-state index contributed by atoms with van der Waals surface area (Å²) in [4.78, 5) is 38.4. The summed E-state index contributed by atoms with van der Waals surface area (Å²) in [7, 11) is 1.53. The summed E-state index contributed by atoms with van der Waals surface area (Å²) in [6.45, 7) is 6.25. The molecule has 0 atom stereocenters. The molecule has 2 aromatic carbocycles. The van der Waals surface area contributed by atoms with Gasteiger partial charge in [0.15, 0.2) is 0 Å². The third-order valence-corrected chi connectivity index (χ3v) is 4.46. The fraction of sp³-hybridized carbons (Fsp3) is 0.348. The maximum absolute atomic E-state index is 12.8. The molecule has 2 aromatic rings. The monoisotopic (exact) mass is 426 g/mol. The van der Waals surface area contributed by atoms with Gasteiger partial charge in [0, 0.05) is 24.7 Å². The zero-order valence-electron chi connectivity index (χ0n) is 18.4. The number of likely N-dealkylation sites (N-methyl/N-ethyl adjacent to an activating group) is 1. The summed E-state index contributed by atoms with van der Waals surface area (Å²) in [6.07, 6.45) is 0. The number of carbonyl (C=O) groups excluding carboxylic acids is 3. The van der Waals surface area contributed by atoms with Gasteiger partial charge in [0.05, 0.1) is 12.8 Å². The molecule has 0 heterocycles. The first kappa shape index (κ1) is 23.7. The van der Waals surface area contributed by atoms with Crippen LogP contribution in [0.4, 0.5) is 10.5 Å². The van der Waals surface area contributed by atoms with Gasteiger partial charge in [-0.3, -0.25) is 9.59 Å². The van der Waals surface area contributed by atoms with Gasteiger partial charge in [-0.25, -0.2) is 4.79 Å². The number of hydrogen-bond acceptors (Lipinski definition) is 4. The number of para-hydroxylation sites is 2. The second-order valence-electron chi connectivity index (χ2n) is 7.25. The molecule has 0 spiro atoms. The van der Waals surface area contributed by atoms with Crippen molar-refractivity contribution in [1.29, 1.82) is 0 Å². The Hall–Kier alpha value is -3.55. The van der Waals surface area contributed by atoms with E-state index >= 15 is 0 Å². The van der Waals surface area contributed by atoms with Gasteiger partial charge in [-0.2, -0.15) is 0 Å². The van der Waals surface area contributed by atoms with E-state index in [0.717, 1.165) is 5.56 Å². The summed E-state index contributed by atoms with van der Waals surface area (Å²) in [5, 5.41) is 8.29. The van der Waals surface area contributed by atoms with Crippen molar-refractivity contribution in [1.82, 2.24) is 15.5 Å². The molecule has 0 aromatic heterocycles. The lowest BCUT2D eigenvalue weighted by molar-refractivity contribution is -0.116. The van der Waals surface area contributed by atoms with Crippen LogP contribution in [0.2, 0.25) is 0 Å². The van der Waals surface area contributed by atoms with E-state index in [0.29, 0.717) is 30.1 Å². The number of ether oxygens (including phenoxy) is 1. The minimum atomic E-state index is -0.309. The molecule has 0 aliphatic carbocycles. The SMILES string of the molecule is CCN(CC(=O)Nc1ccccc1OC)C(=O)c1ccc(CNC(=O)NC(C)C)cc1. The Morgan fingerprint density at radius 3 is 2.32 bits per heavy atom. The summed E-state index contributed by atoms with van der Waals surface area (Å²) in [5.41, 5.74) is 1.90. The topological polar surface area (TPSA) is 99.8 Å². The molecule has 0 saturated carbocycles. The maximum Gasteiger partial charge on any atom is 0.315 e. The second kappa shape index (κ2) is 11.6. The number of benzene rings is 2. The predicted molar refractivity (Wildman–Crippen MR) is 120 cm³/mol. The van der Waals surface area contributed by atoms with Crippen LogP contribution in [0.15, 0.2) is 48.5 Å². The summed E-state index contributed by atoms with van der Waals surface area (Å²) in [6, 6.07) is 13.9. The van der Waals surface area contributed by atoms with Crippen LogP contribution >= 0.6 is 0 Å². The van der Waals surface area contributed by atoms with E-state index in [1.165, 1.54) is 12.0 Å². The number of rotatable bonds is 9. The van der Waals surface area contributed by atoms with Gasteiger partial charge in [-0.15, -0.1) is 0 Å². The first-order valence-electron chi connectivity index (χ1n) is 10.2. The van der Waals surface area contributed by atoms with Gasteiger partial charge in [0.25, 0.3) is 5.91 Å². The molecular weight excluding hydrogens is 396 g/mol. The molecule has 0 bridgehead atoms. The van der Waals surface area contributed by atoms with E-state index in [1.54, 1.807) is 42.5 Å². The summed E-state index contributed by atoms with van der Waals surface area (Å²) in [5.74, 6) is 0.00270. The molecule has 166 valence electrons. The molecule has 0 aliphatic rings. The van der Waals surface area contributed by atoms with E-state index in [9.17, 15) is 14.4 Å². The van der Waals surface area contributed by atoms with E-state index < -0.39 is 0 Å².